The summed E-state index contributed by atoms with van der Waals surface area (Å²) < 4.78 is 21.4. The van der Waals surface area contributed by atoms with Gasteiger partial charge < -0.3 is 18.9 Å². The minimum absolute atomic E-state index is 0.186. The molecule has 0 saturated carbocycles. The van der Waals surface area contributed by atoms with Crippen LogP contribution >= 0.6 is 0 Å². The fourth-order valence-electron chi connectivity index (χ4n) is 3.76. The molecule has 0 bridgehead atoms. The quantitative estimate of drug-likeness (QED) is 0.364. The molecule has 3 rings (SSSR count). The van der Waals surface area contributed by atoms with Gasteiger partial charge in [0.25, 0.3) is 0 Å². The molecule has 1 aliphatic rings. The highest BCUT2D eigenvalue weighted by Gasteiger charge is 2.20. The Labute approximate surface area is 210 Å². The van der Waals surface area contributed by atoms with E-state index in [1.807, 2.05) is 0 Å². The number of carbonyl (C=O) groups is 4. The molecule has 0 N–H and O–H groups in total. The van der Waals surface area contributed by atoms with Gasteiger partial charge in [-0.15, -0.1) is 0 Å². The Morgan fingerprint density at radius 2 is 0.583 bits per heavy atom. The van der Waals surface area contributed by atoms with Gasteiger partial charge in [0.15, 0.2) is 0 Å². The van der Waals surface area contributed by atoms with E-state index < -0.39 is 23.9 Å². The molecule has 2 aromatic carbocycles. The molecule has 8 heteroatoms. The summed E-state index contributed by atoms with van der Waals surface area (Å²) in [4.78, 5) is 50.0. The predicted octanol–water partition coefficient (Wildman–Crippen LogP) is 5.15. The number of ether oxygens (including phenoxy) is 4. The third-order valence-corrected chi connectivity index (χ3v) is 5.74. The summed E-state index contributed by atoms with van der Waals surface area (Å²) in [7, 11) is 0. The summed E-state index contributed by atoms with van der Waals surface area (Å²) >= 11 is 0. The summed E-state index contributed by atoms with van der Waals surface area (Å²) in [5.41, 5.74) is 0.744. The number of benzene rings is 2. The van der Waals surface area contributed by atoms with Crippen molar-refractivity contribution in [2.24, 2.45) is 0 Å². The molecule has 192 valence electrons. The number of hydrogen-bond acceptors (Lipinski definition) is 8. The Kier molecular flexibility index (Phi) is 11.0. The van der Waals surface area contributed by atoms with E-state index in [9.17, 15) is 19.2 Å². The molecule has 0 unspecified atom stereocenters. The first-order valence-corrected chi connectivity index (χ1v) is 12.4. The summed E-state index contributed by atoms with van der Waals surface area (Å²) in [5.74, 6) is -2.23. The van der Waals surface area contributed by atoms with Gasteiger partial charge in [0.2, 0.25) is 0 Å². The average Bonchev–Trinajstić information content (AvgIpc) is 2.90. The van der Waals surface area contributed by atoms with Crippen LogP contribution in [0, 0.1) is 0 Å². The zero-order chi connectivity index (χ0) is 25.6. The van der Waals surface area contributed by atoms with Crippen LogP contribution in [0.15, 0.2) is 48.5 Å². The third-order valence-electron chi connectivity index (χ3n) is 5.74. The van der Waals surface area contributed by atoms with E-state index in [0.29, 0.717) is 25.7 Å². The van der Waals surface area contributed by atoms with Crippen molar-refractivity contribution in [1.29, 1.82) is 0 Å². The van der Waals surface area contributed by atoms with Crippen molar-refractivity contribution in [3.8, 4) is 0 Å². The number of fused-ring (bicyclic) bond motifs is 2. The Morgan fingerprint density at radius 3 is 0.806 bits per heavy atom. The minimum Gasteiger partial charge on any atom is -0.462 e. The van der Waals surface area contributed by atoms with Crippen molar-refractivity contribution in [3.63, 3.8) is 0 Å². The highest BCUT2D eigenvalue weighted by atomic mass is 16.5. The van der Waals surface area contributed by atoms with Crippen molar-refractivity contribution >= 4 is 23.9 Å². The Morgan fingerprint density at radius 1 is 0.361 bits per heavy atom. The monoisotopic (exact) mass is 496 g/mol. The van der Waals surface area contributed by atoms with Gasteiger partial charge >= 0.3 is 23.9 Å². The Bertz CT molecular complexity index is 880. The highest BCUT2D eigenvalue weighted by Crippen LogP contribution is 2.15. The van der Waals surface area contributed by atoms with Gasteiger partial charge in [0, 0.05) is 0 Å². The topological polar surface area (TPSA) is 105 Å². The fraction of sp³-hybridized carbons (Fsp3) is 0.429. The summed E-state index contributed by atoms with van der Waals surface area (Å²) in [6.45, 7) is 0.879. The van der Waals surface area contributed by atoms with Crippen LogP contribution < -0.4 is 0 Å². The van der Waals surface area contributed by atoms with Gasteiger partial charge in [-0.2, -0.15) is 0 Å². The van der Waals surface area contributed by atoms with Crippen molar-refractivity contribution in [2.45, 2.75) is 51.4 Å². The maximum atomic E-state index is 12.5. The van der Waals surface area contributed by atoms with Crippen LogP contribution in [0.5, 0.6) is 0 Å². The Balaban J connectivity index is 1.59. The molecule has 1 aliphatic heterocycles. The maximum Gasteiger partial charge on any atom is 0.339 e. The number of rotatable bonds is 0. The molecule has 0 amide bonds. The molecule has 0 radical (unpaired) electrons. The van der Waals surface area contributed by atoms with Gasteiger partial charge in [-0.1, -0.05) is 24.3 Å². The van der Waals surface area contributed by atoms with E-state index in [4.69, 9.17) is 18.9 Å². The lowest BCUT2D eigenvalue weighted by molar-refractivity contribution is 0.0435. The van der Waals surface area contributed by atoms with E-state index in [1.165, 1.54) is 0 Å². The van der Waals surface area contributed by atoms with Gasteiger partial charge in [-0.25, -0.2) is 19.2 Å². The van der Waals surface area contributed by atoms with Crippen LogP contribution in [0.1, 0.15) is 92.8 Å². The standard InChI is InChI=1S/C28H32O8/c29-25-21-13-5-6-14-22(21)27(31)35-19-11-3-4-12-20-36-28(32)24-16-8-7-15-23(24)26(30)34-18-10-2-1-9-17-33-25/h5-8,13-16H,1-4,9-12,17-20H2. The lowest BCUT2D eigenvalue weighted by atomic mass is 10.1. The van der Waals surface area contributed by atoms with E-state index >= 15 is 0 Å². The van der Waals surface area contributed by atoms with Crippen molar-refractivity contribution in [1.82, 2.24) is 0 Å². The predicted molar refractivity (Wildman–Crippen MR) is 131 cm³/mol. The van der Waals surface area contributed by atoms with E-state index in [-0.39, 0.29) is 48.7 Å². The molecule has 1 heterocycles. The second-order valence-corrected chi connectivity index (χ2v) is 8.46. The second-order valence-electron chi connectivity index (χ2n) is 8.46. The number of cyclic esters (lactones) is 4. The molecular weight excluding hydrogens is 464 g/mol. The molecule has 8 nitrogen and oxygen atoms in total. The first-order chi connectivity index (χ1) is 17.6. The molecule has 2 aromatic rings. The van der Waals surface area contributed by atoms with Gasteiger partial charge in [0.05, 0.1) is 48.7 Å². The summed E-state index contributed by atoms with van der Waals surface area (Å²) in [6, 6.07) is 12.9. The van der Waals surface area contributed by atoms with Crippen LogP contribution in [-0.4, -0.2) is 50.3 Å². The van der Waals surface area contributed by atoms with Gasteiger partial charge in [0.1, 0.15) is 0 Å². The molecule has 0 fully saturated rings. The minimum atomic E-state index is -0.556. The summed E-state index contributed by atoms with van der Waals surface area (Å²) in [5, 5.41) is 0. The second kappa shape index (κ2) is 14.7. The van der Waals surface area contributed by atoms with Crippen LogP contribution in [0.2, 0.25) is 0 Å². The molecular formula is C28H32O8. The van der Waals surface area contributed by atoms with Crippen molar-refractivity contribution < 1.29 is 38.1 Å². The summed E-state index contributed by atoms with van der Waals surface area (Å²) in [6.07, 6.45) is 5.66. The van der Waals surface area contributed by atoms with Gasteiger partial charge in [-0.05, 0) is 75.6 Å². The first kappa shape index (κ1) is 26.9. The van der Waals surface area contributed by atoms with E-state index in [0.717, 1.165) is 25.7 Å². The van der Waals surface area contributed by atoms with Crippen LogP contribution in [0.3, 0.4) is 0 Å². The highest BCUT2D eigenvalue weighted by molar-refractivity contribution is 6.03. The zero-order valence-corrected chi connectivity index (χ0v) is 20.4. The lowest BCUT2D eigenvalue weighted by Gasteiger charge is -2.11. The molecule has 0 atom stereocenters. The van der Waals surface area contributed by atoms with Crippen LogP contribution in [0.4, 0.5) is 0 Å². The number of carbonyl (C=O) groups excluding carboxylic acids is 4. The number of hydrogen-bond donors (Lipinski definition) is 0. The Hall–Kier alpha value is -3.68. The molecule has 0 spiro atoms. The maximum absolute atomic E-state index is 12.5. The smallest absolute Gasteiger partial charge is 0.339 e. The molecule has 0 saturated heterocycles. The average molecular weight is 497 g/mol. The molecule has 0 aromatic heterocycles. The van der Waals surface area contributed by atoms with Gasteiger partial charge in [-0.3, -0.25) is 0 Å². The first-order valence-electron chi connectivity index (χ1n) is 12.4. The molecule has 36 heavy (non-hydrogen) atoms. The van der Waals surface area contributed by atoms with Crippen LogP contribution in [0.25, 0.3) is 0 Å². The molecule has 0 aliphatic carbocycles. The van der Waals surface area contributed by atoms with Crippen molar-refractivity contribution in [3.05, 3.63) is 70.8 Å². The fourth-order valence-corrected chi connectivity index (χ4v) is 3.76. The normalized spacial score (nSPS) is 17.8. The van der Waals surface area contributed by atoms with Crippen LogP contribution in [-0.2, 0) is 18.9 Å². The van der Waals surface area contributed by atoms with Crippen molar-refractivity contribution in [2.75, 3.05) is 26.4 Å². The zero-order valence-electron chi connectivity index (χ0n) is 20.4. The lowest BCUT2D eigenvalue weighted by Crippen LogP contribution is -2.15. The third kappa shape index (κ3) is 8.22. The largest absolute Gasteiger partial charge is 0.462 e. The SMILES string of the molecule is O=C1OCCCCCCOC(=O)c2ccccc2C(=O)OCCCCCCOC(=O)c2ccccc21. The number of esters is 4. The van der Waals surface area contributed by atoms with E-state index in [1.54, 1.807) is 48.5 Å². The van der Waals surface area contributed by atoms with E-state index in [2.05, 4.69) is 0 Å².